The van der Waals surface area contributed by atoms with Crippen LogP contribution in [-0.4, -0.2) is 23.5 Å². The maximum Gasteiger partial charge on any atom is 0.416 e. The summed E-state index contributed by atoms with van der Waals surface area (Å²) in [6.45, 7) is 1.99. The third-order valence-corrected chi connectivity index (χ3v) is 6.95. The number of aryl methyl sites for hydroxylation is 1. The average molecular weight is 529 g/mol. The molecule has 0 radical (unpaired) electrons. The van der Waals surface area contributed by atoms with Crippen molar-refractivity contribution in [2.45, 2.75) is 57.7 Å². The number of rotatable bonds is 9. The molecule has 4 rings (SSSR count). The Kier molecular flexibility index (Phi) is 8.44. The van der Waals surface area contributed by atoms with Gasteiger partial charge in [-0.2, -0.15) is 13.2 Å². The van der Waals surface area contributed by atoms with Gasteiger partial charge in [-0.15, -0.1) is 0 Å². The Balaban J connectivity index is 1.54. The van der Waals surface area contributed by atoms with Crippen LogP contribution < -0.4 is 10.6 Å². The fraction of sp³-hybridized carbons (Fsp3) is 0.379. The number of anilines is 1. The number of hydrogen-bond acceptors (Lipinski definition) is 4. The van der Waals surface area contributed by atoms with Gasteiger partial charge in [-0.05, 0) is 73.7 Å². The van der Waals surface area contributed by atoms with Crippen LogP contribution in [0.3, 0.4) is 0 Å². The quantitative estimate of drug-likeness (QED) is 0.273. The van der Waals surface area contributed by atoms with Crippen LogP contribution in [0, 0.1) is 12.8 Å². The first-order chi connectivity index (χ1) is 18.1. The van der Waals surface area contributed by atoms with E-state index >= 15 is 0 Å². The second-order valence-corrected chi connectivity index (χ2v) is 9.73. The molecule has 0 bridgehead atoms. The van der Waals surface area contributed by atoms with E-state index < -0.39 is 17.7 Å². The fourth-order valence-electron chi connectivity index (χ4n) is 4.92. The number of nitrogens with one attached hydrogen (secondary N) is 2. The van der Waals surface area contributed by atoms with Crippen molar-refractivity contribution < 1.29 is 32.3 Å². The van der Waals surface area contributed by atoms with Gasteiger partial charge < -0.3 is 20.2 Å². The molecular formula is C29H31F3N2O4. The molecule has 1 aromatic heterocycles. The summed E-state index contributed by atoms with van der Waals surface area (Å²) in [6, 6.07) is 13.6. The van der Waals surface area contributed by atoms with Gasteiger partial charge in [-0.25, -0.2) is 0 Å². The standard InChI is InChI=1S/C29H31F3N2O4/c1-18-17-24(19-7-11-22(12-8-19)29(30,31)32)38-27(18)26(20-5-3-2-4-6-20)34-23-13-9-21(10-14-23)28(37)33-16-15-25(35)36/h7-14,17,20,26,34H,2-6,15-16H2,1H3,(H,33,37)(H,35,36). The van der Waals surface area contributed by atoms with Crippen LogP contribution in [0.4, 0.5) is 18.9 Å². The number of furan rings is 1. The summed E-state index contributed by atoms with van der Waals surface area (Å²) < 4.78 is 45.2. The Labute approximate surface area is 219 Å². The molecular weight excluding hydrogens is 497 g/mol. The molecule has 6 nitrogen and oxygen atoms in total. The van der Waals surface area contributed by atoms with Gasteiger partial charge in [-0.3, -0.25) is 9.59 Å². The monoisotopic (exact) mass is 528 g/mol. The molecule has 9 heteroatoms. The lowest BCUT2D eigenvalue weighted by Gasteiger charge is -2.31. The normalized spacial score (nSPS) is 15.2. The first-order valence-electron chi connectivity index (χ1n) is 12.8. The van der Waals surface area contributed by atoms with Crippen molar-refractivity contribution in [3.63, 3.8) is 0 Å². The van der Waals surface area contributed by atoms with Gasteiger partial charge in [0, 0.05) is 23.4 Å². The molecule has 1 fully saturated rings. The Bertz CT molecular complexity index is 1240. The van der Waals surface area contributed by atoms with Gasteiger partial charge in [-0.1, -0.05) is 31.4 Å². The molecule has 1 aliphatic rings. The molecule has 3 aromatic rings. The number of carbonyl (C=O) groups excluding carboxylic acids is 1. The van der Waals surface area contributed by atoms with Crippen LogP contribution in [0.25, 0.3) is 11.3 Å². The zero-order valence-corrected chi connectivity index (χ0v) is 21.1. The molecule has 1 heterocycles. The molecule has 1 aliphatic carbocycles. The summed E-state index contributed by atoms with van der Waals surface area (Å²) in [7, 11) is 0. The number of carboxylic acid groups (broad SMARTS) is 1. The number of alkyl halides is 3. The van der Waals surface area contributed by atoms with Crippen molar-refractivity contribution >= 4 is 17.6 Å². The lowest BCUT2D eigenvalue weighted by molar-refractivity contribution is -0.138. The molecule has 1 atom stereocenters. The van der Waals surface area contributed by atoms with Crippen LogP contribution in [0.15, 0.2) is 59.0 Å². The summed E-state index contributed by atoms with van der Waals surface area (Å²) in [6.07, 6.45) is 0.921. The minimum absolute atomic E-state index is 0.0525. The number of halogens is 3. The van der Waals surface area contributed by atoms with E-state index in [1.165, 1.54) is 18.6 Å². The van der Waals surface area contributed by atoms with Gasteiger partial charge in [0.15, 0.2) is 0 Å². The first-order valence-corrected chi connectivity index (χ1v) is 12.8. The summed E-state index contributed by atoms with van der Waals surface area (Å²) in [5.41, 5.74) is 2.01. The second kappa shape index (κ2) is 11.8. The van der Waals surface area contributed by atoms with E-state index in [2.05, 4.69) is 10.6 Å². The van der Waals surface area contributed by atoms with E-state index in [0.29, 0.717) is 22.8 Å². The number of aliphatic carboxylic acids is 1. The maximum atomic E-state index is 13.0. The lowest BCUT2D eigenvalue weighted by atomic mass is 9.82. The van der Waals surface area contributed by atoms with Gasteiger partial charge in [0.05, 0.1) is 18.0 Å². The maximum absolute atomic E-state index is 13.0. The van der Waals surface area contributed by atoms with Crippen molar-refractivity contribution in [1.29, 1.82) is 0 Å². The molecule has 1 saturated carbocycles. The van der Waals surface area contributed by atoms with Crippen LogP contribution in [-0.2, 0) is 11.0 Å². The molecule has 202 valence electrons. The molecule has 0 spiro atoms. The van der Waals surface area contributed by atoms with E-state index in [-0.39, 0.29) is 24.9 Å². The second-order valence-electron chi connectivity index (χ2n) is 9.73. The highest BCUT2D eigenvalue weighted by molar-refractivity contribution is 5.94. The molecule has 2 aromatic carbocycles. The highest BCUT2D eigenvalue weighted by Crippen LogP contribution is 2.40. The smallest absolute Gasteiger partial charge is 0.416 e. The van der Waals surface area contributed by atoms with Crippen molar-refractivity contribution in [3.8, 4) is 11.3 Å². The Hall–Kier alpha value is -3.75. The third-order valence-electron chi connectivity index (χ3n) is 6.95. The zero-order valence-electron chi connectivity index (χ0n) is 21.1. The summed E-state index contributed by atoms with van der Waals surface area (Å²) in [5.74, 6) is 0.260. The number of carboxylic acids is 1. The van der Waals surface area contributed by atoms with Crippen molar-refractivity contribution in [2.75, 3.05) is 11.9 Å². The molecule has 0 saturated heterocycles. The number of carbonyl (C=O) groups is 2. The number of amides is 1. The SMILES string of the molecule is Cc1cc(-c2ccc(C(F)(F)F)cc2)oc1C(Nc1ccc(C(=O)NCCC(=O)O)cc1)C1CCCCC1. The van der Waals surface area contributed by atoms with Crippen molar-refractivity contribution in [1.82, 2.24) is 5.32 Å². The van der Waals surface area contributed by atoms with Crippen molar-refractivity contribution in [3.05, 3.63) is 77.0 Å². The van der Waals surface area contributed by atoms with E-state index in [1.54, 1.807) is 24.3 Å². The van der Waals surface area contributed by atoms with Crippen LogP contribution >= 0.6 is 0 Å². The Morgan fingerprint density at radius 3 is 2.29 bits per heavy atom. The Morgan fingerprint density at radius 2 is 1.68 bits per heavy atom. The molecule has 1 amide bonds. The molecule has 3 N–H and O–H groups in total. The largest absolute Gasteiger partial charge is 0.481 e. The summed E-state index contributed by atoms with van der Waals surface area (Å²) >= 11 is 0. The lowest BCUT2D eigenvalue weighted by Crippen LogP contribution is -2.26. The number of benzene rings is 2. The first kappa shape index (κ1) is 27.3. The fourth-order valence-corrected chi connectivity index (χ4v) is 4.92. The number of hydrogen-bond donors (Lipinski definition) is 3. The van der Waals surface area contributed by atoms with Gasteiger partial charge in [0.25, 0.3) is 5.91 Å². The van der Waals surface area contributed by atoms with E-state index in [0.717, 1.165) is 54.8 Å². The molecule has 0 aliphatic heterocycles. The Morgan fingerprint density at radius 1 is 1.03 bits per heavy atom. The topological polar surface area (TPSA) is 91.6 Å². The summed E-state index contributed by atoms with van der Waals surface area (Å²) in [4.78, 5) is 22.9. The van der Waals surface area contributed by atoms with Crippen molar-refractivity contribution in [2.24, 2.45) is 5.92 Å². The minimum Gasteiger partial charge on any atom is -0.481 e. The average Bonchev–Trinajstić information content (AvgIpc) is 3.28. The van der Waals surface area contributed by atoms with Crippen LogP contribution in [0.5, 0.6) is 0 Å². The van der Waals surface area contributed by atoms with E-state index in [4.69, 9.17) is 9.52 Å². The highest BCUT2D eigenvalue weighted by atomic mass is 19.4. The van der Waals surface area contributed by atoms with Crippen LogP contribution in [0.1, 0.15) is 71.8 Å². The molecule has 1 unspecified atom stereocenters. The predicted molar refractivity (Wildman–Crippen MR) is 138 cm³/mol. The van der Waals surface area contributed by atoms with Gasteiger partial charge >= 0.3 is 12.1 Å². The van der Waals surface area contributed by atoms with Crippen LogP contribution in [0.2, 0.25) is 0 Å². The molecule has 38 heavy (non-hydrogen) atoms. The van der Waals surface area contributed by atoms with E-state index in [9.17, 15) is 22.8 Å². The summed E-state index contributed by atoms with van der Waals surface area (Å²) in [5, 5.41) is 14.9. The van der Waals surface area contributed by atoms with E-state index in [1.807, 2.05) is 13.0 Å². The van der Waals surface area contributed by atoms with Gasteiger partial charge in [0.1, 0.15) is 11.5 Å². The zero-order chi connectivity index (χ0) is 27.3. The minimum atomic E-state index is -4.40. The van der Waals surface area contributed by atoms with Gasteiger partial charge in [0.2, 0.25) is 0 Å². The third kappa shape index (κ3) is 6.76. The highest BCUT2D eigenvalue weighted by Gasteiger charge is 2.31. The predicted octanol–water partition coefficient (Wildman–Crippen LogP) is 7.21.